The summed E-state index contributed by atoms with van der Waals surface area (Å²) in [6.45, 7) is 0.928. The molecule has 0 spiro atoms. The first kappa shape index (κ1) is 23.7. The van der Waals surface area contributed by atoms with Crippen molar-refractivity contribution in [3.05, 3.63) is 89.5 Å². The molecule has 1 fully saturated rings. The number of amides is 1. The molecular formula is C26H26N3O6+. The van der Waals surface area contributed by atoms with E-state index in [9.17, 15) is 19.5 Å². The van der Waals surface area contributed by atoms with Crippen LogP contribution in [0, 0.1) is 0 Å². The first-order valence-corrected chi connectivity index (χ1v) is 11.1. The number of nitrogens with one attached hydrogen (secondary N) is 1. The van der Waals surface area contributed by atoms with Crippen molar-refractivity contribution in [2.24, 2.45) is 0 Å². The fourth-order valence-electron chi connectivity index (χ4n) is 4.19. The maximum atomic E-state index is 13.2. The Morgan fingerprint density at radius 3 is 2.54 bits per heavy atom. The van der Waals surface area contributed by atoms with E-state index in [1.807, 2.05) is 10.8 Å². The first-order valence-electron chi connectivity index (χ1n) is 11.1. The molecule has 2 N–H and O–H groups in total. The fourth-order valence-corrected chi connectivity index (χ4v) is 4.19. The summed E-state index contributed by atoms with van der Waals surface area (Å²) >= 11 is 0. The number of benzene rings is 2. The van der Waals surface area contributed by atoms with Gasteiger partial charge in [0.1, 0.15) is 23.9 Å². The topological polar surface area (TPSA) is 113 Å². The lowest BCUT2D eigenvalue weighted by Crippen LogP contribution is -2.36. The van der Waals surface area contributed by atoms with Gasteiger partial charge in [0.05, 0.1) is 37.9 Å². The SMILES string of the molecule is COC(=O)c1ccc(C2/C(=C(\O)c3cccc(OC)c3)C(=O)C(=O)N2CCC[n+]2cc[nH]c2)cc1. The molecule has 9 nitrogen and oxygen atoms in total. The molecule has 0 radical (unpaired) electrons. The first-order chi connectivity index (χ1) is 16.9. The summed E-state index contributed by atoms with van der Waals surface area (Å²) in [6.07, 6.45) is 6.06. The van der Waals surface area contributed by atoms with Crippen LogP contribution in [0.2, 0.25) is 0 Å². The van der Waals surface area contributed by atoms with Gasteiger partial charge >= 0.3 is 5.97 Å². The number of aryl methyl sites for hydroxylation is 1. The zero-order valence-corrected chi connectivity index (χ0v) is 19.4. The summed E-state index contributed by atoms with van der Waals surface area (Å²) in [6, 6.07) is 12.3. The minimum atomic E-state index is -0.816. The average molecular weight is 477 g/mol. The van der Waals surface area contributed by atoms with Gasteiger partial charge in [-0.3, -0.25) is 14.6 Å². The Hall–Kier alpha value is -4.40. The number of ether oxygens (including phenoxy) is 2. The van der Waals surface area contributed by atoms with Crippen molar-refractivity contribution in [3.8, 4) is 5.75 Å². The number of hydrogen-bond acceptors (Lipinski definition) is 6. The van der Waals surface area contributed by atoms with Crippen molar-refractivity contribution in [3.63, 3.8) is 0 Å². The van der Waals surface area contributed by atoms with Gasteiger partial charge in [0.25, 0.3) is 11.7 Å². The molecule has 0 bridgehead atoms. The Morgan fingerprint density at radius 1 is 1.11 bits per heavy atom. The highest BCUT2D eigenvalue weighted by Crippen LogP contribution is 2.39. The summed E-state index contributed by atoms with van der Waals surface area (Å²) in [5.74, 6) is -1.72. The molecule has 35 heavy (non-hydrogen) atoms. The van der Waals surface area contributed by atoms with E-state index in [4.69, 9.17) is 9.47 Å². The van der Waals surface area contributed by atoms with Gasteiger partial charge in [-0.15, -0.1) is 0 Å². The molecule has 1 aromatic heterocycles. The molecule has 4 rings (SSSR count). The molecule has 1 atom stereocenters. The number of carbonyl (C=O) groups is 3. The number of nitrogens with zero attached hydrogens (tertiary/aromatic N) is 2. The molecule has 1 aliphatic rings. The predicted molar refractivity (Wildman–Crippen MR) is 125 cm³/mol. The third-order valence-electron chi connectivity index (χ3n) is 5.95. The van der Waals surface area contributed by atoms with Crippen LogP contribution >= 0.6 is 0 Å². The van der Waals surface area contributed by atoms with Crippen LogP contribution in [0.5, 0.6) is 5.75 Å². The smallest absolute Gasteiger partial charge is 0.337 e. The van der Waals surface area contributed by atoms with Crippen molar-refractivity contribution in [2.75, 3.05) is 20.8 Å². The number of H-pyrrole nitrogens is 1. The van der Waals surface area contributed by atoms with E-state index in [-0.39, 0.29) is 11.3 Å². The van der Waals surface area contributed by atoms with Gasteiger partial charge in [-0.05, 0) is 29.8 Å². The van der Waals surface area contributed by atoms with Crippen LogP contribution in [-0.4, -0.2) is 53.4 Å². The van der Waals surface area contributed by atoms with Gasteiger partial charge in [0.2, 0.25) is 6.33 Å². The number of carbonyl (C=O) groups excluding carboxylic acids is 3. The lowest BCUT2D eigenvalue weighted by molar-refractivity contribution is -0.695. The molecule has 180 valence electrons. The Kier molecular flexibility index (Phi) is 6.96. The number of aromatic nitrogens is 2. The minimum Gasteiger partial charge on any atom is -0.507 e. The molecular weight excluding hydrogens is 450 g/mol. The van der Waals surface area contributed by atoms with Crippen molar-refractivity contribution in [1.82, 2.24) is 9.88 Å². The normalized spacial score (nSPS) is 17.0. The molecule has 3 aromatic rings. The Morgan fingerprint density at radius 2 is 1.89 bits per heavy atom. The lowest BCUT2D eigenvalue weighted by atomic mass is 9.94. The van der Waals surface area contributed by atoms with Crippen LogP contribution in [0.25, 0.3) is 5.76 Å². The molecule has 2 heterocycles. The van der Waals surface area contributed by atoms with E-state index in [1.165, 1.54) is 19.1 Å². The number of ketones is 1. The van der Waals surface area contributed by atoms with Gasteiger partial charge in [-0.2, -0.15) is 0 Å². The number of aromatic amines is 1. The summed E-state index contributed by atoms with van der Waals surface area (Å²) in [5.41, 5.74) is 1.28. The second-order valence-electron chi connectivity index (χ2n) is 8.04. The van der Waals surface area contributed by atoms with Crippen molar-refractivity contribution < 1.29 is 33.5 Å². The number of likely N-dealkylation sites (tertiary alicyclic amines) is 1. The molecule has 1 amide bonds. The number of esters is 1. The van der Waals surface area contributed by atoms with E-state index in [1.54, 1.807) is 61.1 Å². The number of rotatable bonds is 8. The quantitative estimate of drug-likeness (QED) is 0.170. The molecule has 9 heteroatoms. The third kappa shape index (κ3) is 4.79. The molecule has 1 saturated heterocycles. The summed E-state index contributed by atoms with van der Waals surface area (Å²) in [4.78, 5) is 42.6. The number of methoxy groups -OCH3 is 2. The number of aliphatic hydroxyl groups is 1. The number of hydrogen-bond donors (Lipinski definition) is 2. The monoisotopic (exact) mass is 476 g/mol. The summed E-state index contributed by atoms with van der Waals surface area (Å²) in [7, 11) is 2.80. The van der Waals surface area contributed by atoms with Crippen molar-refractivity contribution >= 4 is 23.4 Å². The van der Waals surface area contributed by atoms with Crippen LogP contribution in [-0.2, 0) is 20.9 Å². The van der Waals surface area contributed by atoms with Crippen LogP contribution in [0.4, 0.5) is 0 Å². The fraction of sp³-hybridized carbons (Fsp3) is 0.231. The standard InChI is InChI=1S/C26H25N3O6/c1-34-20-6-3-5-19(15-20)23(30)21-22(17-7-9-18(10-8-17)26(33)35-2)29(25(32)24(21)31)13-4-12-28-14-11-27-16-28/h3,5-11,14-16,22H,4,12-13H2,1-2H3,(H,30,31)/p+1. The van der Waals surface area contributed by atoms with Crippen LogP contribution in [0.15, 0.2) is 72.8 Å². The second kappa shape index (κ2) is 10.3. The largest absolute Gasteiger partial charge is 0.507 e. The highest BCUT2D eigenvalue weighted by Gasteiger charge is 2.45. The zero-order valence-electron chi connectivity index (χ0n) is 19.4. The molecule has 2 aromatic carbocycles. The number of imidazole rings is 1. The van der Waals surface area contributed by atoms with Gasteiger partial charge in [-0.1, -0.05) is 24.3 Å². The second-order valence-corrected chi connectivity index (χ2v) is 8.04. The summed E-state index contributed by atoms with van der Waals surface area (Å²) in [5, 5.41) is 11.2. The Balaban J connectivity index is 1.74. The highest BCUT2D eigenvalue weighted by atomic mass is 16.5. The number of aliphatic hydroxyl groups excluding tert-OH is 1. The Bertz CT molecular complexity index is 1260. The van der Waals surface area contributed by atoms with Crippen molar-refractivity contribution in [1.29, 1.82) is 0 Å². The van der Waals surface area contributed by atoms with Crippen LogP contribution in [0.3, 0.4) is 0 Å². The lowest BCUT2D eigenvalue weighted by Gasteiger charge is -2.25. The van der Waals surface area contributed by atoms with Crippen LogP contribution < -0.4 is 9.30 Å². The van der Waals surface area contributed by atoms with Gasteiger partial charge < -0.3 is 19.5 Å². The minimum absolute atomic E-state index is 0.0108. The van der Waals surface area contributed by atoms with Crippen molar-refractivity contribution in [2.45, 2.75) is 19.0 Å². The predicted octanol–water partition coefficient (Wildman–Crippen LogP) is 2.61. The Labute approximate surface area is 202 Å². The molecule has 0 saturated carbocycles. The van der Waals surface area contributed by atoms with Gasteiger partial charge in [0.15, 0.2) is 0 Å². The van der Waals surface area contributed by atoms with Gasteiger partial charge in [0, 0.05) is 18.5 Å². The highest BCUT2D eigenvalue weighted by molar-refractivity contribution is 6.46. The maximum Gasteiger partial charge on any atom is 0.337 e. The van der Waals surface area contributed by atoms with Gasteiger partial charge in [-0.25, -0.2) is 9.36 Å². The maximum absolute atomic E-state index is 13.2. The van der Waals surface area contributed by atoms with Crippen LogP contribution in [0.1, 0.15) is 33.9 Å². The molecule has 0 aliphatic carbocycles. The van der Waals surface area contributed by atoms with E-state index in [0.717, 1.165) is 0 Å². The van der Waals surface area contributed by atoms with E-state index < -0.39 is 23.7 Å². The third-order valence-corrected chi connectivity index (χ3v) is 5.95. The molecule has 1 unspecified atom stereocenters. The van der Waals surface area contributed by atoms with E-state index >= 15 is 0 Å². The number of Topliss-reactive ketones (excluding diaryl/α,β-unsaturated/α-hetero) is 1. The average Bonchev–Trinajstić information content (AvgIpc) is 3.50. The van der Waals surface area contributed by atoms with E-state index in [0.29, 0.717) is 42.0 Å². The molecule has 1 aliphatic heterocycles. The van der Waals surface area contributed by atoms with E-state index in [2.05, 4.69) is 4.98 Å². The summed E-state index contributed by atoms with van der Waals surface area (Å²) < 4.78 is 11.9. The zero-order chi connectivity index (χ0) is 24.9.